The van der Waals surface area contributed by atoms with E-state index in [-0.39, 0.29) is 0 Å². The maximum atomic E-state index is 5.60. The van der Waals surface area contributed by atoms with E-state index in [4.69, 9.17) is 10.5 Å². The molecule has 3 aromatic rings. The summed E-state index contributed by atoms with van der Waals surface area (Å²) in [6.45, 7) is 0. The molecule has 2 N–H and O–H groups in total. The largest absolute Gasteiger partial charge is 0.496 e. The van der Waals surface area contributed by atoms with Gasteiger partial charge in [-0.2, -0.15) is 5.10 Å². The molecular formula is C12H11N5OS. The SMILES string of the molecule is COc1cc(-n2cccn2)ccc1-c1nnc(N)s1. The Labute approximate surface area is 113 Å². The fourth-order valence-corrected chi connectivity index (χ4v) is 2.40. The molecule has 0 aliphatic carbocycles. The molecule has 1 aromatic carbocycles. The lowest BCUT2D eigenvalue weighted by atomic mass is 10.2. The predicted octanol–water partition coefficient (Wildman–Crippen LogP) is 1.98. The molecule has 0 radical (unpaired) electrons. The van der Waals surface area contributed by atoms with Crippen molar-refractivity contribution in [3.05, 3.63) is 36.7 Å². The Bertz CT molecular complexity index is 692. The van der Waals surface area contributed by atoms with E-state index >= 15 is 0 Å². The molecule has 0 saturated heterocycles. The van der Waals surface area contributed by atoms with E-state index in [0.29, 0.717) is 10.9 Å². The monoisotopic (exact) mass is 273 g/mol. The minimum Gasteiger partial charge on any atom is -0.496 e. The van der Waals surface area contributed by atoms with Gasteiger partial charge in [-0.25, -0.2) is 4.68 Å². The van der Waals surface area contributed by atoms with Crippen molar-refractivity contribution in [3.63, 3.8) is 0 Å². The Kier molecular flexibility index (Phi) is 2.88. The van der Waals surface area contributed by atoms with E-state index in [1.807, 2.05) is 30.5 Å². The van der Waals surface area contributed by atoms with Crippen molar-refractivity contribution in [1.82, 2.24) is 20.0 Å². The smallest absolute Gasteiger partial charge is 0.203 e. The van der Waals surface area contributed by atoms with Crippen LogP contribution in [-0.2, 0) is 0 Å². The van der Waals surface area contributed by atoms with E-state index in [1.54, 1.807) is 18.0 Å². The molecule has 0 aliphatic heterocycles. The lowest BCUT2D eigenvalue weighted by Crippen LogP contribution is -1.96. The molecule has 19 heavy (non-hydrogen) atoms. The summed E-state index contributed by atoms with van der Waals surface area (Å²) in [4.78, 5) is 0. The van der Waals surface area contributed by atoms with Crippen LogP contribution in [0.3, 0.4) is 0 Å². The minimum atomic E-state index is 0.438. The summed E-state index contributed by atoms with van der Waals surface area (Å²) in [7, 11) is 1.62. The summed E-state index contributed by atoms with van der Waals surface area (Å²) in [5, 5.41) is 13.2. The number of rotatable bonds is 3. The molecule has 0 unspecified atom stereocenters. The quantitative estimate of drug-likeness (QED) is 0.789. The van der Waals surface area contributed by atoms with Crippen LogP contribution in [0.15, 0.2) is 36.7 Å². The highest BCUT2D eigenvalue weighted by Gasteiger charge is 2.12. The lowest BCUT2D eigenvalue weighted by molar-refractivity contribution is 0.416. The minimum absolute atomic E-state index is 0.438. The van der Waals surface area contributed by atoms with Crippen molar-refractivity contribution < 1.29 is 4.74 Å². The van der Waals surface area contributed by atoms with Crippen molar-refractivity contribution in [1.29, 1.82) is 0 Å². The van der Waals surface area contributed by atoms with Crippen molar-refractivity contribution in [2.45, 2.75) is 0 Å². The molecule has 0 spiro atoms. The van der Waals surface area contributed by atoms with Crippen LogP contribution in [0.5, 0.6) is 5.75 Å². The number of nitrogen functional groups attached to an aromatic ring is 1. The van der Waals surface area contributed by atoms with Crippen molar-refractivity contribution in [2.75, 3.05) is 12.8 Å². The van der Waals surface area contributed by atoms with Crippen LogP contribution in [0.4, 0.5) is 5.13 Å². The third-order valence-electron chi connectivity index (χ3n) is 2.63. The standard InChI is InChI=1S/C12H11N5OS/c1-18-10-7-8(17-6-2-5-14-17)3-4-9(10)11-15-16-12(13)19-11/h2-7H,1H3,(H2,13,16). The summed E-state index contributed by atoms with van der Waals surface area (Å²) >= 11 is 1.33. The molecule has 6 nitrogen and oxygen atoms in total. The Morgan fingerprint density at radius 2 is 2.21 bits per heavy atom. The van der Waals surface area contributed by atoms with E-state index < -0.39 is 0 Å². The average molecular weight is 273 g/mol. The maximum Gasteiger partial charge on any atom is 0.203 e. The number of hydrogen-bond acceptors (Lipinski definition) is 6. The molecule has 0 bridgehead atoms. The van der Waals surface area contributed by atoms with Gasteiger partial charge in [-0.15, -0.1) is 10.2 Å². The number of aromatic nitrogens is 4. The molecule has 2 aromatic heterocycles. The van der Waals surface area contributed by atoms with Gasteiger partial charge in [-0.05, 0) is 18.2 Å². The topological polar surface area (TPSA) is 78.8 Å². The number of ether oxygens (including phenoxy) is 1. The zero-order chi connectivity index (χ0) is 13.2. The molecule has 3 rings (SSSR count). The van der Waals surface area contributed by atoms with Crippen LogP contribution in [-0.4, -0.2) is 27.1 Å². The summed E-state index contributed by atoms with van der Waals surface area (Å²) in [6.07, 6.45) is 3.60. The molecule has 7 heteroatoms. The van der Waals surface area contributed by atoms with E-state index in [1.165, 1.54) is 11.3 Å². The highest BCUT2D eigenvalue weighted by Crippen LogP contribution is 2.34. The molecule has 0 amide bonds. The van der Waals surface area contributed by atoms with Crippen LogP contribution in [0.25, 0.3) is 16.3 Å². The normalized spacial score (nSPS) is 10.6. The third-order valence-corrected chi connectivity index (χ3v) is 3.41. The first-order chi connectivity index (χ1) is 9.28. The lowest BCUT2D eigenvalue weighted by Gasteiger charge is -2.08. The Hall–Kier alpha value is -2.41. The second-order valence-corrected chi connectivity index (χ2v) is 4.79. The van der Waals surface area contributed by atoms with Crippen molar-refractivity contribution in [2.24, 2.45) is 0 Å². The number of hydrogen-bond donors (Lipinski definition) is 1. The number of nitrogens with two attached hydrogens (primary N) is 1. The van der Waals surface area contributed by atoms with Crippen LogP contribution >= 0.6 is 11.3 Å². The third kappa shape index (κ3) is 2.15. The molecule has 0 saturated carbocycles. The fourth-order valence-electron chi connectivity index (χ4n) is 1.76. The van der Waals surface area contributed by atoms with Crippen molar-refractivity contribution >= 4 is 16.5 Å². The number of methoxy groups -OCH3 is 1. The number of anilines is 1. The second-order valence-electron chi connectivity index (χ2n) is 3.78. The van der Waals surface area contributed by atoms with Gasteiger partial charge in [0.2, 0.25) is 5.13 Å². The Balaban J connectivity index is 2.07. The molecule has 0 atom stereocenters. The summed E-state index contributed by atoms with van der Waals surface area (Å²) < 4.78 is 7.17. The van der Waals surface area contributed by atoms with Crippen LogP contribution in [0.2, 0.25) is 0 Å². The van der Waals surface area contributed by atoms with E-state index in [0.717, 1.165) is 16.3 Å². The van der Waals surface area contributed by atoms with Gasteiger partial charge in [0.15, 0.2) is 5.01 Å². The van der Waals surface area contributed by atoms with E-state index in [2.05, 4.69) is 15.3 Å². The zero-order valence-electron chi connectivity index (χ0n) is 10.1. The first-order valence-electron chi connectivity index (χ1n) is 5.55. The zero-order valence-corrected chi connectivity index (χ0v) is 11.0. The molecule has 0 fully saturated rings. The molecule has 2 heterocycles. The number of benzene rings is 1. The van der Waals surface area contributed by atoms with Gasteiger partial charge in [0.25, 0.3) is 0 Å². The van der Waals surface area contributed by atoms with Gasteiger partial charge >= 0.3 is 0 Å². The summed E-state index contributed by atoms with van der Waals surface area (Å²) in [6, 6.07) is 7.64. The summed E-state index contributed by atoms with van der Waals surface area (Å²) in [5.74, 6) is 0.712. The first-order valence-corrected chi connectivity index (χ1v) is 6.37. The van der Waals surface area contributed by atoms with Crippen LogP contribution in [0, 0.1) is 0 Å². The Morgan fingerprint density at radius 3 is 2.84 bits per heavy atom. The maximum absolute atomic E-state index is 5.60. The highest BCUT2D eigenvalue weighted by atomic mass is 32.1. The molecular weight excluding hydrogens is 262 g/mol. The van der Waals surface area contributed by atoms with Gasteiger partial charge in [-0.3, -0.25) is 0 Å². The molecule has 96 valence electrons. The van der Waals surface area contributed by atoms with Gasteiger partial charge in [-0.1, -0.05) is 11.3 Å². The highest BCUT2D eigenvalue weighted by molar-refractivity contribution is 7.18. The second kappa shape index (κ2) is 4.69. The van der Waals surface area contributed by atoms with E-state index in [9.17, 15) is 0 Å². The summed E-state index contributed by atoms with van der Waals surface area (Å²) in [5.41, 5.74) is 7.39. The van der Waals surface area contributed by atoms with Gasteiger partial charge in [0, 0.05) is 18.5 Å². The number of nitrogens with zero attached hydrogens (tertiary/aromatic N) is 4. The fraction of sp³-hybridized carbons (Fsp3) is 0.0833. The van der Waals surface area contributed by atoms with Crippen LogP contribution < -0.4 is 10.5 Å². The van der Waals surface area contributed by atoms with Gasteiger partial charge < -0.3 is 10.5 Å². The van der Waals surface area contributed by atoms with Gasteiger partial charge in [0.05, 0.1) is 18.4 Å². The van der Waals surface area contributed by atoms with Gasteiger partial charge in [0.1, 0.15) is 5.75 Å². The molecule has 0 aliphatic rings. The predicted molar refractivity (Wildman–Crippen MR) is 73.4 cm³/mol. The Morgan fingerprint density at radius 1 is 1.32 bits per heavy atom. The average Bonchev–Trinajstić information content (AvgIpc) is 3.09. The van der Waals surface area contributed by atoms with Crippen LogP contribution in [0.1, 0.15) is 0 Å². The van der Waals surface area contributed by atoms with Crippen molar-refractivity contribution in [3.8, 4) is 22.0 Å². The first kappa shape index (κ1) is 11.7.